The van der Waals surface area contributed by atoms with Gasteiger partial charge in [-0.05, 0) is 19.8 Å². The predicted molar refractivity (Wildman–Crippen MR) is 62.4 cm³/mol. The van der Waals surface area contributed by atoms with Crippen molar-refractivity contribution in [3.63, 3.8) is 0 Å². The van der Waals surface area contributed by atoms with Gasteiger partial charge in [-0.3, -0.25) is 9.48 Å². The molecule has 19 heavy (non-hydrogen) atoms. The smallest absolute Gasteiger partial charge is 0.396 e. The molecule has 106 valence electrons. The highest BCUT2D eigenvalue weighted by atomic mass is 19.4. The Labute approximate surface area is 108 Å². The third kappa shape index (κ3) is 3.18. The van der Waals surface area contributed by atoms with E-state index in [4.69, 9.17) is 5.73 Å². The van der Waals surface area contributed by atoms with Gasteiger partial charge in [0.05, 0.1) is 5.69 Å². The standard InChI is InChI=1S/C11H15F3N4O/c1-2-17-5-8(15)9(16-17)10(19)18(7-3-4-7)6-11(12,13)14/h5,7H,2-4,6,15H2,1H3. The normalized spacial score (nSPS) is 15.6. The summed E-state index contributed by atoms with van der Waals surface area (Å²) in [6, 6.07) is -0.347. The number of hydrogen-bond acceptors (Lipinski definition) is 3. The molecule has 1 fully saturated rings. The van der Waals surface area contributed by atoms with Crippen molar-refractivity contribution in [1.82, 2.24) is 14.7 Å². The van der Waals surface area contributed by atoms with E-state index in [-0.39, 0.29) is 17.4 Å². The number of anilines is 1. The van der Waals surface area contributed by atoms with Crippen molar-refractivity contribution in [2.24, 2.45) is 0 Å². The van der Waals surface area contributed by atoms with Gasteiger partial charge < -0.3 is 10.6 Å². The predicted octanol–water partition coefficient (Wildman–Crippen LogP) is 1.65. The molecule has 1 aliphatic rings. The zero-order valence-corrected chi connectivity index (χ0v) is 10.4. The van der Waals surface area contributed by atoms with Crippen LogP contribution in [0.15, 0.2) is 6.20 Å². The third-order valence-corrected chi connectivity index (χ3v) is 2.91. The molecule has 0 radical (unpaired) electrons. The van der Waals surface area contributed by atoms with Gasteiger partial charge in [-0.25, -0.2) is 0 Å². The van der Waals surface area contributed by atoms with Crippen molar-refractivity contribution < 1.29 is 18.0 Å². The van der Waals surface area contributed by atoms with Crippen LogP contribution in [0.3, 0.4) is 0 Å². The third-order valence-electron chi connectivity index (χ3n) is 2.91. The van der Waals surface area contributed by atoms with E-state index in [0.29, 0.717) is 19.4 Å². The van der Waals surface area contributed by atoms with E-state index in [1.165, 1.54) is 10.9 Å². The van der Waals surface area contributed by atoms with Gasteiger partial charge in [0.15, 0.2) is 5.69 Å². The van der Waals surface area contributed by atoms with Crippen LogP contribution in [0.1, 0.15) is 30.3 Å². The van der Waals surface area contributed by atoms with E-state index >= 15 is 0 Å². The number of rotatable bonds is 4. The number of nitrogens with zero attached hydrogens (tertiary/aromatic N) is 3. The molecule has 8 heteroatoms. The quantitative estimate of drug-likeness (QED) is 0.909. The van der Waals surface area contributed by atoms with Crippen molar-refractivity contribution in [2.75, 3.05) is 12.3 Å². The van der Waals surface area contributed by atoms with E-state index in [9.17, 15) is 18.0 Å². The summed E-state index contributed by atoms with van der Waals surface area (Å²) in [5.41, 5.74) is 5.64. The average Bonchev–Trinajstić information content (AvgIpc) is 3.07. The number of nitrogen functional groups attached to an aromatic ring is 1. The largest absolute Gasteiger partial charge is 0.406 e. The molecule has 2 rings (SSSR count). The summed E-state index contributed by atoms with van der Waals surface area (Å²) < 4.78 is 38.9. The number of carbonyl (C=O) groups excluding carboxylic acids is 1. The molecule has 0 aliphatic heterocycles. The summed E-state index contributed by atoms with van der Waals surface area (Å²) in [5, 5.41) is 3.92. The minimum absolute atomic E-state index is 0.0991. The van der Waals surface area contributed by atoms with Gasteiger partial charge in [0, 0.05) is 18.8 Å². The van der Waals surface area contributed by atoms with Gasteiger partial charge in [0.25, 0.3) is 5.91 Å². The fourth-order valence-electron chi connectivity index (χ4n) is 1.85. The summed E-state index contributed by atoms with van der Waals surface area (Å²) >= 11 is 0. The zero-order valence-electron chi connectivity index (χ0n) is 10.4. The second-order valence-corrected chi connectivity index (χ2v) is 4.57. The molecular formula is C11H15F3N4O. The second-order valence-electron chi connectivity index (χ2n) is 4.57. The van der Waals surface area contributed by atoms with Crippen molar-refractivity contribution in [2.45, 2.75) is 38.5 Å². The number of amides is 1. The topological polar surface area (TPSA) is 64.2 Å². The van der Waals surface area contributed by atoms with Crippen LogP contribution >= 0.6 is 0 Å². The van der Waals surface area contributed by atoms with Crippen LogP contribution < -0.4 is 5.73 Å². The summed E-state index contributed by atoms with van der Waals surface area (Å²) in [6.07, 6.45) is -1.78. The van der Waals surface area contributed by atoms with Crippen molar-refractivity contribution in [1.29, 1.82) is 0 Å². The van der Waals surface area contributed by atoms with Crippen LogP contribution in [0.2, 0.25) is 0 Å². The van der Waals surface area contributed by atoms with E-state index in [1.807, 2.05) is 0 Å². The lowest BCUT2D eigenvalue weighted by molar-refractivity contribution is -0.141. The Morgan fingerprint density at radius 2 is 2.21 bits per heavy atom. The molecule has 0 unspecified atom stereocenters. The fraction of sp³-hybridized carbons (Fsp3) is 0.636. The lowest BCUT2D eigenvalue weighted by atomic mass is 10.3. The van der Waals surface area contributed by atoms with Gasteiger partial charge in [-0.2, -0.15) is 18.3 Å². The van der Waals surface area contributed by atoms with Crippen molar-refractivity contribution in [3.05, 3.63) is 11.9 Å². The number of aromatic nitrogens is 2. The van der Waals surface area contributed by atoms with Gasteiger partial charge in [-0.1, -0.05) is 0 Å². The fourth-order valence-corrected chi connectivity index (χ4v) is 1.85. The van der Waals surface area contributed by atoms with Crippen LogP contribution in [0.4, 0.5) is 18.9 Å². The van der Waals surface area contributed by atoms with E-state index in [0.717, 1.165) is 4.90 Å². The highest BCUT2D eigenvalue weighted by Crippen LogP contribution is 2.31. The first-order valence-electron chi connectivity index (χ1n) is 6.02. The molecule has 0 saturated heterocycles. The molecule has 1 aromatic rings. The highest BCUT2D eigenvalue weighted by molar-refractivity contribution is 5.97. The minimum atomic E-state index is -4.42. The summed E-state index contributed by atoms with van der Waals surface area (Å²) in [7, 11) is 0. The number of hydrogen-bond donors (Lipinski definition) is 1. The first-order valence-corrected chi connectivity index (χ1v) is 6.02. The lowest BCUT2D eigenvalue weighted by Gasteiger charge is -2.22. The highest BCUT2D eigenvalue weighted by Gasteiger charge is 2.41. The molecule has 5 nitrogen and oxygen atoms in total. The second kappa shape index (κ2) is 4.75. The van der Waals surface area contributed by atoms with Crippen LogP contribution in [-0.2, 0) is 6.54 Å². The molecule has 1 aromatic heterocycles. The van der Waals surface area contributed by atoms with Gasteiger partial charge >= 0.3 is 6.18 Å². The lowest BCUT2D eigenvalue weighted by Crippen LogP contribution is -2.41. The molecule has 1 amide bonds. The Hall–Kier alpha value is -1.73. The molecule has 2 N–H and O–H groups in total. The molecule has 1 heterocycles. The van der Waals surface area contributed by atoms with Gasteiger partial charge in [0.1, 0.15) is 6.54 Å². The Morgan fingerprint density at radius 3 is 2.63 bits per heavy atom. The zero-order chi connectivity index (χ0) is 14.2. The number of aryl methyl sites for hydroxylation is 1. The molecule has 0 aromatic carbocycles. The molecule has 1 saturated carbocycles. The number of carbonyl (C=O) groups is 1. The number of halogens is 3. The van der Waals surface area contributed by atoms with Gasteiger partial charge in [-0.15, -0.1) is 0 Å². The Morgan fingerprint density at radius 1 is 1.58 bits per heavy atom. The Kier molecular flexibility index (Phi) is 3.42. The van der Waals surface area contributed by atoms with E-state index < -0.39 is 18.6 Å². The van der Waals surface area contributed by atoms with Crippen LogP contribution in [0, 0.1) is 0 Å². The maximum absolute atomic E-state index is 12.5. The summed E-state index contributed by atoms with van der Waals surface area (Å²) in [4.78, 5) is 12.9. The summed E-state index contributed by atoms with van der Waals surface area (Å²) in [5.74, 6) is -0.746. The van der Waals surface area contributed by atoms with Crippen molar-refractivity contribution in [3.8, 4) is 0 Å². The van der Waals surface area contributed by atoms with E-state index in [1.54, 1.807) is 6.92 Å². The monoisotopic (exact) mass is 276 g/mol. The van der Waals surface area contributed by atoms with Crippen LogP contribution in [0.5, 0.6) is 0 Å². The van der Waals surface area contributed by atoms with Crippen LogP contribution in [-0.4, -0.2) is 39.4 Å². The number of alkyl halides is 3. The molecule has 0 spiro atoms. The maximum Gasteiger partial charge on any atom is 0.406 e. The number of nitrogens with two attached hydrogens (primary N) is 1. The van der Waals surface area contributed by atoms with Crippen molar-refractivity contribution >= 4 is 11.6 Å². The summed E-state index contributed by atoms with van der Waals surface area (Å²) in [6.45, 7) is 1.05. The SMILES string of the molecule is CCn1cc(N)c(C(=O)N(CC(F)(F)F)C2CC2)n1. The first kappa shape index (κ1) is 13.7. The molecule has 0 atom stereocenters. The molecular weight excluding hydrogens is 261 g/mol. The Bertz CT molecular complexity index is 479. The molecule has 0 bridgehead atoms. The first-order chi connectivity index (χ1) is 8.81. The van der Waals surface area contributed by atoms with Gasteiger partial charge in [0.2, 0.25) is 0 Å². The average molecular weight is 276 g/mol. The Balaban J connectivity index is 2.21. The van der Waals surface area contributed by atoms with Crippen LogP contribution in [0.25, 0.3) is 0 Å². The molecule has 1 aliphatic carbocycles. The maximum atomic E-state index is 12.5. The van der Waals surface area contributed by atoms with E-state index in [2.05, 4.69) is 5.10 Å². The minimum Gasteiger partial charge on any atom is -0.396 e.